The smallest absolute Gasteiger partial charge is 0.160 e. The van der Waals surface area contributed by atoms with Crippen molar-refractivity contribution >= 4 is 56.9 Å². The highest BCUT2D eigenvalue weighted by Crippen LogP contribution is 2.39. The van der Waals surface area contributed by atoms with Crippen LogP contribution in [-0.4, -0.2) is 27.2 Å². The van der Waals surface area contributed by atoms with Gasteiger partial charge in [0.1, 0.15) is 0 Å². The van der Waals surface area contributed by atoms with Gasteiger partial charge < -0.3 is 9.13 Å². The van der Waals surface area contributed by atoms with Crippen LogP contribution in [0.15, 0.2) is 200 Å². The molecule has 0 unspecified atom stereocenters. The first-order valence-corrected chi connectivity index (χ1v) is 24.2. The molecule has 11 aromatic rings. The van der Waals surface area contributed by atoms with Gasteiger partial charge in [-0.1, -0.05) is 158 Å². The van der Waals surface area contributed by atoms with Gasteiger partial charge in [0.25, 0.3) is 0 Å². The van der Waals surface area contributed by atoms with E-state index >= 15 is 0 Å². The van der Waals surface area contributed by atoms with Gasteiger partial charge in [-0.3, -0.25) is 0 Å². The van der Waals surface area contributed by atoms with Crippen LogP contribution in [0, 0.1) is 0 Å². The highest BCUT2D eigenvalue weighted by molar-refractivity contribution is 6.88. The summed E-state index contributed by atoms with van der Waals surface area (Å²) in [7, 11) is -1.41. The zero-order valence-electron chi connectivity index (χ0n) is 33.8. The maximum absolute atomic E-state index is 5.14. The summed E-state index contributed by atoms with van der Waals surface area (Å²) in [6, 6.07) is 72.1. The lowest BCUT2D eigenvalue weighted by Crippen LogP contribution is -2.37. The van der Waals surface area contributed by atoms with Crippen molar-refractivity contribution in [2.75, 3.05) is 0 Å². The van der Waals surface area contributed by atoms with Crippen LogP contribution in [0.3, 0.4) is 0 Å². The quantitative estimate of drug-likeness (QED) is 0.151. The maximum atomic E-state index is 5.14. The lowest BCUT2D eigenvalue weighted by Gasteiger charge is -2.17. The lowest BCUT2D eigenvalue weighted by molar-refractivity contribution is 1.16. The van der Waals surface area contributed by atoms with Gasteiger partial charge in [-0.25, -0.2) is 9.97 Å². The number of para-hydroxylation sites is 2. The van der Waals surface area contributed by atoms with Gasteiger partial charge in [0.2, 0.25) is 0 Å². The van der Waals surface area contributed by atoms with E-state index in [0.717, 1.165) is 44.8 Å². The van der Waals surface area contributed by atoms with Crippen LogP contribution in [0.4, 0.5) is 0 Å². The molecule has 0 bridgehead atoms. The van der Waals surface area contributed by atoms with E-state index in [-0.39, 0.29) is 0 Å². The second kappa shape index (κ2) is 14.2. The molecule has 5 heteroatoms. The molecule has 0 spiro atoms. The third-order valence-electron chi connectivity index (χ3n) is 11.9. The third kappa shape index (κ3) is 6.14. The molecule has 8 aromatic carbocycles. The van der Waals surface area contributed by atoms with Gasteiger partial charge in [0, 0.05) is 49.6 Å². The molecule has 0 saturated carbocycles. The summed E-state index contributed by atoms with van der Waals surface area (Å²) >= 11 is 0. The SMILES string of the molecule is C[Si](C)(C)c1ccc(-n2c3ccccc3c3cc(-c4ccc5c(c4)c4ccccc4n5-c4cccc(-c5nc(-c6ccccc6)cc(-c6ccccc6)n5)c4)ccc32)cc1. The summed E-state index contributed by atoms with van der Waals surface area (Å²) in [6.45, 7) is 7.21. The largest absolute Gasteiger partial charge is 0.309 e. The predicted octanol–water partition coefficient (Wildman–Crippen LogP) is 13.9. The number of nitrogens with zero attached hydrogens (tertiary/aromatic N) is 4. The fraction of sp³-hybridized carbons (Fsp3) is 0.0545. The van der Waals surface area contributed by atoms with Crippen LogP contribution in [-0.2, 0) is 0 Å². The summed E-state index contributed by atoms with van der Waals surface area (Å²) in [5, 5.41) is 6.42. The third-order valence-corrected chi connectivity index (χ3v) is 14.0. The monoisotopic (exact) mass is 786 g/mol. The van der Waals surface area contributed by atoms with E-state index in [1.807, 2.05) is 12.1 Å². The number of benzene rings is 8. The first-order chi connectivity index (χ1) is 29.4. The Hall–Kier alpha value is -7.34. The number of aromatic nitrogens is 4. The van der Waals surface area contributed by atoms with Crippen molar-refractivity contribution < 1.29 is 0 Å². The van der Waals surface area contributed by atoms with Gasteiger partial charge in [0.15, 0.2) is 5.82 Å². The molecule has 0 aliphatic carbocycles. The second-order valence-corrected chi connectivity index (χ2v) is 21.8. The molecule has 60 heavy (non-hydrogen) atoms. The second-order valence-electron chi connectivity index (χ2n) is 16.7. The van der Waals surface area contributed by atoms with E-state index in [2.05, 4.69) is 217 Å². The van der Waals surface area contributed by atoms with Crippen molar-refractivity contribution in [1.29, 1.82) is 0 Å². The molecule has 0 aliphatic rings. The Balaban J connectivity index is 1.02. The minimum atomic E-state index is -1.41. The molecule has 3 heterocycles. The number of hydrogen-bond acceptors (Lipinski definition) is 2. The molecule has 0 atom stereocenters. The fourth-order valence-electron chi connectivity index (χ4n) is 8.85. The Labute approximate surface area is 350 Å². The van der Waals surface area contributed by atoms with Gasteiger partial charge in [0.05, 0.1) is 41.5 Å². The molecule has 0 saturated heterocycles. The summed E-state index contributed by atoms with van der Waals surface area (Å²) in [6.07, 6.45) is 0. The highest BCUT2D eigenvalue weighted by atomic mass is 28.3. The Morgan fingerprint density at radius 3 is 1.33 bits per heavy atom. The summed E-state index contributed by atoms with van der Waals surface area (Å²) in [5.74, 6) is 0.695. The average Bonchev–Trinajstić information content (AvgIpc) is 3.81. The van der Waals surface area contributed by atoms with Crippen LogP contribution >= 0.6 is 0 Å². The first-order valence-electron chi connectivity index (χ1n) is 20.7. The Morgan fingerprint density at radius 1 is 0.333 bits per heavy atom. The summed E-state index contributed by atoms with van der Waals surface area (Å²) in [4.78, 5) is 10.3. The normalized spacial score (nSPS) is 11.9. The molecule has 3 aromatic heterocycles. The van der Waals surface area contributed by atoms with Crippen LogP contribution in [0.1, 0.15) is 0 Å². The van der Waals surface area contributed by atoms with Crippen LogP contribution in [0.2, 0.25) is 19.6 Å². The Bertz CT molecular complexity index is 3330. The van der Waals surface area contributed by atoms with Gasteiger partial charge in [-0.2, -0.15) is 0 Å². The molecule has 0 fully saturated rings. The number of hydrogen-bond donors (Lipinski definition) is 0. The zero-order valence-corrected chi connectivity index (χ0v) is 34.8. The molecular formula is C55H42N4Si. The van der Waals surface area contributed by atoms with E-state index in [9.17, 15) is 0 Å². The molecular weight excluding hydrogens is 745 g/mol. The Morgan fingerprint density at radius 2 is 0.800 bits per heavy atom. The summed E-state index contributed by atoms with van der Waals surface area (Å²) < 4.78 is 4.79. The van der Waals surface area contributed by atoms with Gasteiger partial charge in [-0.15, -0.1) is 0 Å². The average molecular weight is 787 g/mol. The first kappa shape index (κ1) is 35.8. The molecule has 0 aliphatic heterocycles. The van der Waals surface area contributed by atoms with E-state index in [4.69, 9.17) is 9.97 Å². The minimum Gasteiger partial charge on any atom is -0.309 e. The van der Waals surface area contributed by atoms with Crippen molar-refractivity contribution in [2.45, 2.75) is 19.6 Å². The topological polar surface area (TPSA) is 35.6 Å². The van der Waals surface area contributed by atoms with E-state index in [1.54, 1.807) is 0 Å². The standard InChI is InChI=1S/C55H42N4Si/c1-60(2,3)44-29-27-42(28-30-44)58-51-23-12-10-21-45(51)47-34-39(25-31-53(47)58)40-26-32-54-48(35-40)46-22-11-13-24-52(46)59(54)43-20-14-19-41(33-43)55-56-49(37-15-6-4-7-16-37)36-50(57-55)38-17-8-5-9-18-38/h4-36H,1-3H3. The molecule has 4 nitrogen and oxygen atoms in total. The number of rotatable bonds is 7. The molecule has 0 amide bonds. The minimum absolute atomic E-state index is 0.695. The van der Waals surface area contributed by atoms with Gasteiger partial charge in [-0.05, 0) is 77.9 Å². The zero-order chi connectivity index (χ0) is 40.4. The van der Waals surface area contributed by atoms with E-state index < -0.39 is 8.07 Å². The van der Waals surface area contributed by atoms with Crippen molar-refractivity contribution in [3.63, 3.8) is 0 Å². The number of fused-ring (bicyclic) bond motifs is 6. The molecule has 11 rings (SSSR count). The molecule has 286 valence electrons. The predicted molar refractivity (Wildman–Crippen MR) is 255 cm³/mol. The van der Waals surface area contributed by atoms with E-state index in [0.29, 0.717) is 5.82 Å². The lowest BCUT2D eigenvalue weighted by atomic mass is 10.0. The van der Waals surface area contributed by atoms with Gasteiger partial charge >= 0.3 is 0 Å². The van der Waals surface area contributed by atoms with Crippen molar-refractivity contribution in [3.05, 3.63) is 200 Å². The molecule has 0 N–H and O–H groups in total. The van der Waals surface area contributed by atoms with Crippen LogP contribution in [0.25, 0.3) is 100 Å². The van der Waals surface area contributed by atoms with Crippen molar-refractivity contribution in [2.24, 2.45) is 0 Å². The van der Waals surface area contributed by atoms with Crippen LogP contribution < -0.4 is 5.19 Å². The molecule has 0 radical (unpaired) electrons. The summed E-state index contributed by atoms with van der Waals surface area (Å²) in [5.41, 5.74) is 14.3. The van der Waals surface area contributed by atoms with Crippen LogP contribution in [0.5, 0.6) is 0 Å². The highest BCUT2D eigenvalue weighted by Gasteiger charge is 2.19. The fourth-order valence-corrected chi connectivity index (χ4v) is 10.0. The maximum Gasteiger partial charge on any atom is 0.160 e. The van der Waals surface area contributed by atoms with Crippen molar-refractivity contribution in [1.82, 2.24) is 19.1 Å². The van der Waals surface area contributed by atoms with E-state index in [1.165, 1.54) is 54.6 Å². The Kier molecular flexibility index (Phi) is 8.46. The van der Waals surface area contributed by atoms with Crippen molar-refractivity contribution in [3.8, 4) is 56.4 Å².